The van der Waals surface area contributed by atoms with Gasteiger partial charge in [0.25, 0.3) is 0 Å². The second-order valence-electron chi connectivity index (χ2n) is 3.66. The maximum atomic E-state index is 11.5. The van der Waals surface area contributed by atoms with Crippen molar-refractivity contribution in [2.45, 2.75) is 32.4 Å². The van der Waals surface area contributed by atoms with Crippen LogP contribution in [0.2, 0.25) is 0 Å². The Hall–Kier alpha value is -1.47. The number of aromatic nitrogens is 1. The van der Waals surface area contributed by atoms with Crippen LogP contribution in [0.3, 0.4) is 0 Å². The van der Waals surface area contributed by atoms with Crippen molar-refractivity contribution in [3.05, 3.63) is 16.1 Å². The zero-order valence-corrected chi connectivity index (χ0v) is 10.3. The number of carbonyl (C=O) groups is 2. The molecular formula is C10H14N2O4S. The summed E-state index contributed by atoms with van der Waals surface area (Å²) in [6.07, 6.45) is -1.13. The van der Waals surface area contributed by atoms with Gasteiger partial charge in [-0.15, -0.1) is 11.3 Å². The minimum absolute atomic E-state index is 0.0147. The first-order valence-electron chi connectivity index (χ1n) is 5.01. The Bertz CT molecular complexity index is 416. The van der Waals surface area contributed by atoms with E-state index in [9.17, 15) is 14.7 Å². The van der Waals surface area contributed by atoms with Crippen molar-refractivity contribution in [3.63, 3.8) is 0 Å². The van der Waals surface area contributed by atoms with Crippen LogP contribution in [0.1, 0.15) is 17.6 Å². The van der Waals surface area contributed by atoms with Gasteiger partial charge in [0.1, 0.15) is 0 Å². The summed E-state index contributed by atoms with van der Waals surface area (Å²) in [5.41, 5.74) is 0.597. The molecule has 0 spiro atoms. The summed E-state index contributed by atoms with van der Waals surface area (Å²) in [4.78, 5) is 26.4. The van der Waals surface area contributed by atoms with E-state index >= 15 is 0 Å². The van der Waals surface area contributed by atoms with Gasteiger partial charge in [0.05, 0.1) is 23.2 Å². The Morgan fingerprint density at radius 2 is 2.24 bits per heavy atom. The molecule has 94 valence electrons. The topological polar surface area (TPSA) is 99.5 Å². The number of rotatable bonds is 5. The summed E-state index contributed by atoms with van der Waals surface area (Å²) in [6.45, 7) is 3.13. The van der Waals surface area contributed by atoms with Crippen LogP contribution in [0.4, 0.5) is 0 Å². The number of hydrogen-bond donors (Lipinski definition) is 3. The first-order valence-corrected chi connectivity index (χ1v) is 5.89. The highest BCUT2D eigenvalue weighted by Crippen LogP contribution is 2.08. The molecule has 1 amide bonds. The van der Waals surface area contributed by atoms with Gasteiger partial charge in [-0.1, -0.05) is 0 Å². The number of carboxylic acids is 1. The van der Waals surface area contributed by atoms with Crippen LogP contribution < -0.4 is 5.32 Å². The fourth-order valence-electron chi connectivity index (χ4n) is 1.27. The molecule has 1 heterocycles. The van der Waals surface area contributed by atoms with Crippen molar-refractivity contribution in [1.82, 2.24) is 10.3 Å². The first kappa shape index (κ1) is 13.6. The molecule has 1 aromatic rings. The third-order valence-electron chi connectivity index (χ3n) is 2.07. The summed E-state index contributed by atoms with van der Waals surface area (Å²) >= 11 is 1.42. The van der Waals surface area contributed by atoms with Gasteiger partial charge in [-0.2, -0.15) is 0 Å². The van der Waals surface area contributed by atoms with E-state index in [1.54, 1.807) is 5.38 Å². The van der Waals surface area contributed by atoms with Crippen LogP contribution >= 0.6 is 11.3 Å². The number of carboxylic acid groups (broad SMARTS) is 1. The molecule has 0 aliphatic heterocycles. The molecule has 17 heavy (non-hydrogen) atoms. The molecule has 0 fully saturated rings. The van der Waals surface area contributed by atoms with E-state index in [2.05, 4.69) is 10.3 Å². The highest BCUT2D eigenvalue weighted by molar-refractivity contribution is 7.09. The number of aliphatic carboxylic acids is 1. The van der Waals surface area contributed by atoms with Crippen LogP contribution in [0.25, 0.3) is 0 Å². The Kier molecular flexibility index (Phi) is 4.59. The van der Waals surface area contributed by atoms with Crippen molar-refractivity contribution >= 4 is 23.2 Å². The summed E-state index contributed by atoms with van der Waals surface area (Å²) in [6, 6.07) is -1.29. The van der Waals surface area contributed by atoms with E-state index in [4.69, 9.17) is 5.11 Å². The molecule has 6 nitrogen and oxygen atoms in total. The van der Waals surface area contributed by atoms with E-state index in [0.29, 0.717) is 5.69 Å². The maximum absolute atomic E-state index is 11.5. The highest BCUT2D eigenvalue weighted by Gasteiger charge is 2.25. The smallest absolute Gasteiger partial charge is 0.328 e. The average Bonchev–Trinajstić information content (AvgIpc) is 2.59. The van der Waals surface area contributed by atoms with Crippen molar-refractivity contribution in [1.29, 1.82) is 0 Å². The van der Waals surface area contributed by atoms with Crippen LogP contribution in [-0.2, 0) is 16.0 Å². The van der Waals surface area contributed by atoms with Crippen molar-refractivity contribution in [3.8, 4) is 0 Å². The lowest BCUT2D eigenvalue weighted by Crippen LogP contribution is -2.48. The molecule has 2 atom stereocenters. The quantitative estimate of drug-likeness (QED) is 0.687. The van der Waals surface area contributed by atoms with E-state index < -0.39 is 24.0 Å². The standard InChI is InChI=1S/C10H14N2O4S/c1-5(13)9(10(15)16)12-8(14)3-7-4-17-6(2)11-7/h4-5,9,13H,3H2,1-2H3,(H,12,14)(H,15,16). The zero-order valence-electron chi connectivity index (χ0n) is 9.51. The largest absolute Gasteiger partial charge is 0.480 e. The molecule has 3 N–H and O–H groups in total. The molecule has 0 aromatic carbocycles. The van der Waals surface area contributed by atoms with Crippen molar-refractivity contribution in [2.24, 2.45) is 0 Å². The molecule has 0 saturated heterocycles. The number of aryl methyl sites for hydroxylation is 1. The molecular weight excluding hydrogens is 244 g/mol. The molecule has 0 radical (unpaired) electrons. The predicted octanol–water partition coefficient (Wildman–Crippen LogP) is -0.0558. The highest BCUT2D eigenvalue weighted by atomic mass is 32.1. The Morgan fingerprint density at radius 3 is 2.65 bits per heavy atom. The van der Waals surface area contributed by atoms with Crippen LogP contribution in [0.5, 0.6) is 0 Å². The summed E-state index contributed by atoms with van der Waals surface area (Å²) in [5.74, 6) is -1.73. The fourth-order valence-corrected chi connectivity index (χ4v) is 1.88. The Morgan fingerprint density at radius 1 is 1.59 bits per heavy atom. The number of amides is 1. The van der Waals surface area contributed by atoms with Crippen LogP contribution in [-0.4, -0.2) is 39.2 Å². The SMILES string of the molecule is Cc1nc(CC(=O)NC(C(=O)O)C(C)O)cs1. The molecule has 0 aliphatic rings. The van der Waals surface area contributed by atoms with Gasteiger partial charge in [0, 0.05) is 5.38 Å². The molecule has 1 rings (SSSR count). The number of aliphatic hydroxyl groups is 1. The third-order valence-corrected chi connectivity index (χ3v) is 2.90. The van der Waals surface area contributed by atoms with Gasteiger partial charge in [0.15, 0.2) is 6.04 Å². The van der Waals surface area contributed by atoms with E-state index in [-0.39, 0.29) is 6.42 Å². The third kappa shape index (κ3) is 4.12. The molecule has 2 unspecified atom stereocenters. The number of hydrogen-bond acceptors (Lipinski definition) is 5. The molecule has 1 aromatic heterocycles. The Balaban J connectivity index is 2.56. The van der Waals surface area contributed by atoms with Crippen molar-refractivity contribution in [2.75, 3.05) is 0 Å². The van der Waals surface area contributed by atoms with Gasteiger partial charge in [-0.25, -0.2) is 9.78 Å². The van der Waals surface area contributed by atoms with Crippen molar-refractivity contribution < 1.29 is 19.8 Å². The lowest BCUT2D eigenvalue weighted by atomic mass is 10.2. The number of nitrogens with one attached hydrogen (secondary N) is 1. The maximum Gasteiger partial charge on any atom is 0.328 e. The predicted molar refractivity (Wildman–Crippen MR) is 61.8 cm³/mol. The number of carbonyl (C=O) groups excluding carboxylic acids is 1. The van der Waals surface area contributed by atoms with Gasteiger partial charge in [-0.3, -0.25) is 4.79 Å². The monoisotopic (exact) mass is 258 g/mol. The Labute approximate surface area is 102 Å². The second-order valence-corrected chi connectivity index (χ2v) is 4.72. The number of nitrogens with zero attached hydrogens (tertiary/aromatic N) is 1. The average molecular weight is 258 g/mol. The van der Waals surface area contributed by atoms with Gasteiger partial charge >= 0.3 is 5.97 Å². The summed E-state index contributed by atoms with van der Waals surface area (Å²) < 4.78 is 0. The van der Waals surface area contributed by atoms with Gasteiger partial charge < -0.3 is 15.5 Å². The molecule has 0 saturated carbocycles. The second kappa shape index (κ2) is 5.74. The summed E-state index contributed by atoms with van der Waals surface area (Å²) in [5, 5.41) is 22.8. The zero-order chi connectivity index (χ0) is 13.0. The lowest BCUT2D eigenvalue weighted by Gasteiger charge is -2.16. The number of aliphatic hydroxyl groups excluding tert-OH is 1. The van der Waals surface area contributed by atoms with Crippen LogP contribution in [0, 0.1) is 6.92 Å². The first-order chi connectivity index (χ1) is 7.90. The molecule has 7 heteroatoms. The number of thiazole rings is 1. The van der Waals surface area contributed by atoms with E-state index in [0.717, 1.165) is 5.01 Å². The fraction of sp³-hybridized carbons (Fsp3) is 0.500. The minimum Gasteiger partial charge on any atom is -0.480 e. The molecule has 0 bridgehead atoms. The van der Waals surface area contributed by atoms with Crippen LogP contribution in [0.15, 0.2) is 5.38 Å². The summed E-state index contributed by atoms with van der Waals surface area (Å²) in [7, 11) is 0. The minimum atomic E-state index is -1.29. The normalized spacial score (nSPS) is 14.1. The van der Waals surface area contributed by atoms with Gasteiger partial charge in [-0.05, 0) is 13.8 Å². The molecule has 0 aliphatic carbocycles. The van der Waals surface area contributed by atoms with Gasteiger partial charge in [0.2, 0.25) is 5.91 Å². The van der Waals surface area contributed by atoms with E-state index in [1.165, 1.54) is 18.3 Å². The lowest BCUT2D eigenvalue weighted by molar-refractivity contribution is -0.144. The van der Waals surface area contributed by atoms with E-state index in [1.807, 2.05) is 6.92 Å².